The quantitative estimate of drug-likeness (QED) is 0.392. The fourth-order valence-corrected chi connectivity index (χ4v) is 6.16. The van der Waals surface area contributed by atoms with Crippen molar-refractivity contribution in [3.63, 3.8) is 0 Å². The molecule has 0 atom stereocenters. The summed E-state index contributed by atoms with van der Waals surface area (Å²) in [6.07, 6.45) is 0.777. The first-order valence-corrected chi connectivity index (χ1v) is 13.2. The lowest BCUT2D eigenvalue weighted by atomic mass is 10.2. The maximum atomic E-state index is 13.2. The third kappa shape index (κ3) is 4.78. The van der Waals surface area contributed by atoms with Gasteiger partial charge < -0.3 is 9.80 Å². The van der Waals surface area contributed by atoms with Crippen LogP contribution in [-0.2, 0) is 11.2 Å². The van der Waals surface area contributed by atoms with Gasteiger partial charge in [0.1, 0.15) is 0 Å². The van der Waals surface area contributed by atoms with Gasteiger partial charge in [0.2, 0.25) is 5.91 Å². The highest BCUT2D eigenvalue weighted by Gasteiger charge is 2.25. The molecule has 0 unspecified atom stereocenters. The Morgan fingerprint density at radius 3 is 2.45 bits per heavy atom. The fraction of sp³-hybridized carbons (Fsp3) is 0.292. The van der Waals surface area contributed by atoms with Gasteiger partial charge in [-0.1, -0.05) is 41.6 Å². The van der Waals surface area contributed by atoms with Gasteiger partial charge in [-0.05, 0) is 36.4 Å². The Morgan fingerprint density at radius 2 is 1.73 bits per heavy atom. The summed E-state index contributed by atoms with van der Waals surface area (Å²) < 4.78 is 1.61. The Hall–Kier alpha value is -2.42. The Bertz CT molecular complexity index is 1210. The number of anilines is 1. The summed E-state index contributed by atoms with van der Waals surface area (Å²) >= 11 is 8.92. The molecule has 0 saturated carbocycles. The number of nitrogens with zero attached hydrogens (tertiary/aromatic N) is 4. The summed E-state index contributed by atoms with van der Waals surface area (Å²) in [5.41, 5.74) is 2.66. The number of aromatic nitrogens is 2. The molecule has 0 aliphatic carbocycles. The monoisotopic (exact) mass is 498 g/mol. The third-order valence-electron chi connectivity index (χ3n) is 5.83. The summed E-state index contributed by atoms with van der Waals surface area (Å²) in [5, 5.41) is 1.16. The Balaban J connectivity index is 1.30. The second-order valence-corrected chi connectivity index (χ2v) is 10.4. The topological polar surface area (TPSA) is 58.4 Å². The average Bonchev–Trinajstić information content (AvgIpc) is 3.33. The lowest BCUT2D eigenvalue weighted by molar-refractivity contribution is -0.128. The van der Waals surface area contributed by atoms with Crippen molar-refractivity contribution in [3.8, 4) is 5.69 Å². The first-order valence-electron chi connectivity index (χ1n) is 10.9. The molecule has 2 aliphatic rings. The number of amides is 1. The largest absolute Gasteiger partial charge is 0.368 e. The van der Waals surface area contributed by atoms with Gasteiger partial charge in [-0.3, -0.25) is 14.2 Å². The second-order valence-electron chi connectivity index (χ2n) is 7.88. The summed E-state index contributed by atoms with van der Waals surface area (Å²) in [5.74, 6) is 1.17. The molecule has 0 radical (unpaired) electrons. The summed E-state index contributed by atoms with van der Waals surface area (Å²) in [4.78, 5) is 35.9. The van der Waals surface area contributed by atoms with E-state index < -0.39 is 0 Å². The molecular formula is C24H23ClN4O2S2. The Morgan fingerprint density at radius 1 is 1.00 bits per heavy atom. The molecular weight excluding hydrogens is 476 g/mol. The van der Waals surface area contributed by atoms with Crippen LogP contribution in [0.1, 0.15) is 5.69 Å². The molecule has 33 heavy (non-hydrogen) atoms. The smallest absolute Gasteiger partial charge is 0.272 e. The molecule has 2 aromatic carbocycles. The van der Waals surface area contributed by atoms with E-state index in [1.165, 1.54) is 17.4 Å². The van der Waals surface area contributed by atoms with Crippen molar-refractivity contribution in [1.29, 1.82) is 0 Å². The molecule has 9 heteroatoms. The Kier molecular flexibility index (Phi) is 6.66. The van der Waals surface area contributed by atoms with Crippen molar-refractivity contribution >= 4 is 46.7 Å². The summed E-state index contributed by atoms with van der Waals surface area (Å²) in [6, 6.07) is 17.4. The number of halogens is 1. The predicted octanol–water partition coefficient (Wildman–Crippen LogP) is 3.98. The maximum Gasteiger partial charge on any atom is 0.272 e. The molecule has 1 amide bonds. The molecule has 0 bridgehead atoms. The van der Waals surface area contributed by atoms with Crippen LogP contribution in [0.15, 0.2) is 69.4 Å². The van der Waals surface area contributed by atoms with E-state index in [4.69, 9.17) is 16.6 Å². The Labute approximate surface area is 205 Å². The third-order valence-corrected chi connectivity index (χ3v) is 8.11. The van der Waals surface area contributed by atoms with Crippen LogP contribution in [0, 0.1) is 0 Å². The van der Waals surface area contributed by atoms with Gasteiger partial charge in [-0.15, -0.1) is 11.8 Å². The second kappa shape index (κ2) is 9.83. The highest BCUT2D eigenvalue weighted by atomic mass is 35.5. The number of carbonyl (C=O) groups is 1. The number of rotatable bonds is 5. The van der Waals surface area contributed by atoms with Crippen molar-refractivity contribution in [3.05, 3.63) is 75.7 Å². The van der Waals surface area contributed by atoms with Gasteiger partial charge in [0.25, 0.3) is 5.56 Å². The molecule has 1 fully saturated rings. The van der Waals surface area contributed by atoms with Crippen LogP contribution < -0.4 is 10.5 Å². The van der Waals surface area contributed by atoms with Crippen LogP contribution in [0.2, 0.25) is 5.02 Å². The average molecular weight is 499 g/mol. The molecule has 2 aliphatic heterocycles. The minimum Gasteiger partial charge on any atom is -0.368 e. The number of benzene rings is 2. The van der Waals surface area contributed by atoms with E-state index in [0.717, 1.165) is 31.0 Å². The van der Waals surface area contributed by atoms with Gasteiger partial charge in [-0.25, -0.2) is 4.98 Å². The van der Waals surface area contributed by atoms with E-state index in [1.54, 1.807) is 28.5 Å². The number of hydrogen-bond acceptors (Lipinski definition) is 6. The molecule has 0 spiro atoms. The van der Waals surface area contributed by atoms with Gasteiger partial charge in [0.05, 0.1) is 22.0 Å². The van der Waals surface area contributed by atoms with Crippen LogP contribution in [-0.4, -0.2) is 58.0 Å². The molecule has 3 aromatic rings. The van der Waals surface area contributed by atoms with Crippen LogP contribution in [0.5, 0.6) is 0 Å². The van der Waals surface area contributed by atoms with Crippen LogP contribution >= 0.6 is 35.1 Å². The lowest BCUT2D eigenvalue weighted by Crippen LogP contribution is -2.49. The summed E-state index contributed by atoms with van der Waals surface area (Å²) in [7, 11) is 0. The molecule has 3 heterocycles. The van der Waals surface area contributed by atoms with Gasteiger partial charge in [0, 0.05) is 49.1 Å². The van der Waals surface area contributed by atoms with Crippen molar-refractivity contribution in [2.24, 2.45) is 0 Å². The fourth-order valence-electron chi connectivity index (χ4n) is 4.08. The SMILES string of the molecule is O=C(CSc1nc2c(c(=O)n1-c1ccc(Cl)cc1)SCC2)N1CCN(c2ccccc2)CC1. The zero-order chi connectivity index (χ0) is 22.8. The molecule has 5 rings (SSSR count). The van der Waals surface area contributed by atoms with E-state index in [0.29, 0.717) is 33.9 Å². The molecule has 1 aromatic heterocycles. The molecule has 1 saturated heterocycles. The normalized spacial score (nSPS) is 15.5. The van der Waals surface area contributed by atoms with E-state index in [2.05, 4.69) is 17.0 Å². The highest BCUT2D eigenvalue weighted by molar-refractivity contribution is 8.00. The van der Waals surface area contributed by atoms with Crippen LogP contribution in [0.3, 0.4) is 0 Å². The highest BCUT2D eigenvalue weighted by Crippen LogP contribution is 2.30. The van der Waals surface area contributed by atoms with Crippen molar-refractivity contribution in [2.45, 2.75) is 16.5 Å². The zero-order valence-electron chi connectivity index (χ0n) is 17.9. The lowest BCUT2D eigenvalue weighted by Gasteiger charge is -2.36. The van der Waals surface area contributed by atoms with Gasteiger partial charge >= 0.3 is 0 Å². The van der Waals surface area contributed by atoms with Crippen molar-refractivity contribution in [2.75, 3.05) is 42.6 Å². The molecule has 6 nitrogen and oxygen atoms in total. The van der Waals surface area contributed by atoms with Crippen LogP contribution in [0.4, 0.5) is 5.69 Å². The first-order chi connectivity index (χ1) is 16.1. The standard InChI is InChI=1S/C24H23ClN4O2S2/c25-17-6-8-19(9-7-17)29-23(31)22-20(10-15-32-22)26-24(29)33-16-21(30)28-13-11-27(12-14-28)18-4-2-1-3-5-18/h1-9H,10-16H2. The number of para-hydroxylation sites is 1. The maximum absolute atomic E-state index is 13.2. The van der Waals surface area contributed by atoms with Gasteiger partial charge in [0.15, 0.2) is 5.16 Å². The molecule has 0 N–H and O–H groups in total. The predicted molar refractivity (Wildman–Crippen MR) is 135 cm³/mol. The minimum atomic E-state index is -0.0729. The number of fused-ring (bicyclic) bond motifs is 1. The van der Waals surface area contributed by atoms with E-state index in [-0.39, 0.29) is 17.2 Å². The number of piperazine rings is 1. The van der Waals surface area contributed by atoms with Crippen molar-refractivity contribution in [1.82, 2.24) is 14.5 Å². The minimum absolute atomic E-state index is 0.0690. The van der Waals surface area contributed by atoms with Crippen LogP contribution in [0.25, 0.3) is 5.69 Å². The summed E-state index contributed by atoms with van der Waals surface area (Å²) in [6.45, 7) is 2.99. The van der Waals surface area contributed by atoms with Gasteiger partial charge in [-0.2, -0.15) is 0 Å². The van der Waals surface area contributed by atoms with E-state index >= 15 is 0 Å². The van der Waals surface area contributed by atoms with E-state index in [1.807, 2.05) is 35.2 Å². The number of thioether (sulfide) groups is 2. The zero-order valence-corrected chi connectivity index (χ0v) is 20.3. The van der Waals surface area contributed by atoms with Crippen molar-refractivity contribution < 1.29 is 4.79 Å². The number of hydrogen-bond donors (Lipinski definition) is 0. The molecule has 170 valence electrons. The first kappa shape index (κ1) is 22.4. The number of carbonyl (C=O) groups excluding carboxylic acids is 1. The van der Waals surface area contributed by atoms with E-state index in [9.17, 15) is 9.59 Å². The number of aryl methyl sites for hydroxylation is 1.